The molecule has 2 aliphatic rings. The molecule has 2 saturated carbocycles. The SMILES string of the molecule is C[C@]12CCCC[C@H]1[C@H]2C(=O)N/N=C\c1cn(Cc2ccc(Cl)cc2Cl)c2ccccc12. The minimum absolute atomic E-state index is 0.0577. The van der Waals surface area contributed by atoms with Crippen molar-refractivity contribution in [3.63, 3.8) is 0 Å². The van der Waals surface area contributed by atoms with Gasteiger partial charge in [0.1, 0.15) is 0 Å². The monoisotopic (exact) mass is 453 g/mol. The van der Waals surface area contributed by atoms with Crippen LogP contribution in [0.5, 0.6) is 0 Å². The fraction of sp³-hybridized carbons (Fsp3) is 0.360. The zero-order chi connectivity index (χ0) is 21.6. The fourth-order valence-corrected chi connectivity index (χ4v) is 5.90. The van der Waals surface area contributed by atoms with Gasteiger partial charge >= 0.3 is 0 Å². The van der Waals surface area contributed by atoms with Gasteiger partial charge in [0.2, 0.25) is 5.91 Å². The largest absolute Gasteiger partial charge is 0.342 e. The molecule has 3 aromatic rings. The highest BCUT2D eigenvalue weighted by Crippen LogP contribution is 2.66. The number of aromatic nitrogens is 1. The Labute approximate surface area is 192 Å². The van der Waals surface area contributed by atoms with Crippen molar-refractivity contribution < 1.29 is 4.79 Å². The summed E-state index contributed by atoms with van der Waals surface area (Å²) in [5.41, 5.74) is 6.02. The van der Waals surface area contributed by atoms with Gasteiger partial charge in [-0.25, -0.2) is 5.43 Å². The van der Waals surface area contributed by atoms with Crippen molar-refractivity contribution in [2.45, 2.75) is 39.2 Å². The summed E-state index contributed by atoms with van der Waals surface area (Å²) < 4.78 is 2.14. The summed E-state index contributed by atoms with van der Waals surface area (Å²) in [6.07, 6.45) is 8.58. The molecule has 2 aliphatic carbocycles. The van der Waals surface area contributed by atoms with Gasteiger partial charge in [-0.3, -0.25) is 4.79 Å². The summed E-state index contributed by atoms with van der Waals surface area (Å²) in [6.45, 7) is 2.87. The number of benzene rings is 2. The van der Waals surface area contributed by atoms with E-state index in [2.05, 4.69) is 34.2 Å². The molecule has 0 aliphatic heterocycles. The van der Waals surface area contributed by atoms with E-state index < -0.39 is 0 Å². The molecule has 6 heteroatoms. The maximum absolute atomic E-state index is 12.7. The second-order valence-corrected chi connectivity index (χ2v) is 9.88. The van der Waals surface area contributed by atoms with Crippen molar-refractivity contribution in [3.05, 3.63) is 69.8 Å². The van der Waals surface area contributed by atoms with E-state index in [1.54, 1.807) is 12.3 Å². The second-order valence-electron chi connectivity index (χ2n) is 9.04. The minimum Gasteiger partial charge on any atom is -0.342 e. The summed E-state index contributed by atoms with van der Waals surface area (Å²) in [6, 6.07) is 13.7. The van der Waals surface area contributed by atoms with Gasteiger partial charge in [0, 0.05) is 45.2 Å². The van der Waals surface area contributed by atoms with Crippen LogP contribution in [0.15, 0.2) is 53.8 Å². The van der Waals surface area contributed by atoms with Gasteiger partial charge in [0.25, 0.3) is 0 Å². The average molecular weight is 454 g/mol. The van der Waals surface area contributed by atoms with Crippen molar-refractivity contribution in [3.8, 4) is 0 Å². The standard InChI is InChI=1S/C25H25Cl2N3O/c1-25-11-5-4-7-20(25)23(25)24(31)29-28-13-17-15-30(22-8-3-2-6-19(17)22)14-16-9-10-18(26)12-21(16)27/h2-3,6,8-10,12-13,15,20,23H,4-5,7,11,14H2,1H3,(H,29,31)/b28-13-/t20-,23-,25-/m0/s1. The third-order valence-corrected chi connectivity index (χ3v) is 7.75. The van der Waals surface area contributed by atoms with Crippen LogP contribution in [0.3, 0.4) is 0 Å². The van der Waals surface area contributed by atoms with Crippen molar-refractivity contribution in [1.82, 2.24) is 9.99 Å². The maximum atomic E-state index is 12.7. The molecule has 1 amide bonds. The average Bonchev–Trinajstić information content (AvgIpc) is 3.25. The number of hydrogen-bond donors (Lipinski definition) is 1. The van der Waals surface area contributed by atoms with E-state index in [4.69, 9.17) is 23.2 Å². The van der Waals surface area contributed by atoms with Crippen LogP contribution in [0.25, 0.3) is 10.9 Å². The van der Waals surface area contributed by atoms with E-state index in [-0.39, 0.29) is 17.2 Å². The Kier molecular flexibility index (Phi) is 5.31. The highest BCUT2D eigenvalue weighted by molar-refractivity contribution is 6.35. The fourth-order valence-electron chi connectivity index (χ4n) is 5.43. The number of carbonyl (C=O) groups is 1. The highest BCUT2D eigenvalue weighted by Gasteiger charge is 2.64. The van der Waals surface area contributed by atoms with Crippen LogP contribution in [0.2, 0.25) is 10.0 Å². The third kappa shape index (κ3) is 3.77. The predicted octanol–water partition coefficient (Wildman–Crippen LogP) is 6.27. The quantitative estimate of drug-likeness (QED) is 0.358. The molecule has 0 bridgehead atoms. The van der Waals surface area contributed by atoms with E-state index in [1.807, 2.05) is 30.5 Å². The molecule has 3 atom stereocenters. The Bertz CT molecular complexity index is 1180. The second kappa shape index (κ2) is 7.99. The first-order valence-electron chi connectivity index (χ1n) is 10.8. The molecule has 1 heterocycles. The van der Waals surface area contributed by atoms with Gasteiger partial charge in [-0.2, -0.15) is 5.10 Å². The smallest absolute Gasteiger partial charge is 0.244 e. The van der Waals surface area contributed by atoms with Crippen LogP contribution in [0.4, 0.5) is 0 Å². The van der Waals surface area contributed by atoms with Gasteiger partial charge in [0.15, 0.2) is 0 Å². The molecule has 160 valence electrons. The Balaban J connectivity index is 1.35. The molecule has 1 aromatic heterocycles. The van der Waals surface area contributed by atoms with Crippen molar-refractivity contribution >= 4 is 46.2 Å². The highest BCUT2D eigenvalue weighted by atomic mass is 35.5. The summed E-state index contributed by atoms with van der Waals surface area (Å²) in [5, 5.41) is 6.66. The zero-order valence-electron chi connectivity index (χ0n) is 17.4. The summed E-state index contributed by atoms with van der Waals surface area (Å²) in [4.78, 5) is 12.7. The van der Waals surface area contributed by atoms with Crippen LogP contribution in [-0.4, -0.2) is 16.7 Å². The lowest BCUT2D eigenvalue weighted by molar-refractivity contribution is -0.123. The van der Waals surface area contributed by atoms with Crippen LogP contribution in [0.1, 0.15) is 43.7 Å². The molecule has 5 rings (SSSR count). The van der Waals surface area contributed by atoms with Crippen molar-refractivity contribution in [1.29, 1.82) is 0 Å². The van der Waals surface area contributed by atoms with Gasteiger partial charge in [-0.1, -0.05) is 67.2 Å². The van der Waals surface area contributed by atoms with Gasteiger partial charge in [-0.15, -0.1) is 0 Å². The Morgan fingerprint density at radius 2 is 2.10 bits per heavy atom. The van der Waals surface area contributed by atoms with Gasteiger partial charge in [0.05, 0.1) is 6.21 Å². The Hall–Kier alpha value is -2.30. The van der Waals surface area contributed by atoms with E-state index in [0.717, 1.165) is 28.5 Å². The van der Waals surface area contributed by atoms with E-state index in [9.17, 15) is 4.79 Å². The van der Waals surface area contributed by atoms with E-state index >= 15 is 0 Å². The topological polar surface area (TPSA) is 46.4 Å². The first-order chi connectivity index (χ1) is 15.0. The number of hydrazone groups is 1. The molecular weight excluding hydrogens is 429 g/mol. The first-order valence-corrected chi connectivity index (χ1v) is 11.6. The molecule has 0 spiro atoms. The molecule has 2 fully saturated rings. The molecule has 0 unspecified atom stereocenters. The maximum Gasteiger partial charge on any atom is 0.244 e. The molecule has 0 radical (unpaired) electrons. The number of halogens is 2. The molecular formula is C25H25Cl2N3O. The lowest BCUT2D eigenvalue weighted by Gasteiger charge is -2.15. The number of nitrogens with zero attached hydrogens (tertiary/aromatic N) is 2. The number of rotatable bonds is 5. The van der Waals surface area contributed by atoms with Crippen LogP contribution in [0, 0.1) is 17.3 Å². The number of nitrogens with one attached hydrogen (secondary N) is 1. The molecule has 31 heavy (non-hydrogen) atoms. The number of para-hydroxylation sites is 1. The lowest BCUT2D eigenvalue weighted by atomic mass is 9.90. The number of fused-ring (bicyclic) bond motifs is 2. The van der Waals surface area contributed by atoms with Crippen molar-refractivity contribution in [2.24, 2.45) is 22.4 Å². The van der Waals surface area contributed by atoms with Crippen molar-refractivity contribution in [2.75, 3.05) is 0 Å². The van der Waals surface area contributed by atoms with E-state index in [0.29, 0.717) is 22.5 Å². The zero-order valence-corrected chi connectivity index (χ0v) is 19.0. The Morgan fingerprint density at radius 1 is 1.26 bits per heavy atom. The van der Waals surface area contributed by atoms with Gasteiger partial charge < -0.3 is 4.57 Å². The van der Waals surface area contributed by atoms with Crippen LogP contribution in [-0.2, 0) is 11.3 Å². The molecule has 4 nitrogen and oxygen atoms in total. The summed E-state index contributed by atoms with van der Waals surface area (Å²) >= 11 is 12.4. The number of carbonyl (C=O) groups excluding carboxylic acids is 1. The third-order valence-electron chi connectivity index (χ3n) is 7.17. The number of amides is 1. The number of hydrogen-bond acceptors (Lipinski definition) is 2. The van der Waals surface area contributed by atoms with Crippen LogP contribution < -0.4 is 5.43 Å². The lowest BCUT2D eigenvalue weighted by Crippen LogP contribution is -2.22. The molecule has 1 N–H and O–H groups in total. The molecule has 0 saturated heterocycles. The predicted molar refractivity (Wildman–Crippen MR) is 127 cm³/mol. The molecule has 2 aromatic carbocycles. The summed E-state index contributed by atoms with van der Waals surface area (Å²) in [5.74, 6) is 0.699. The normalized spacial score (nSPS) is 25.0. The van der Waals surface area contributed by atoms with Crippen LogP contribution >= 0.6 is 23.2 Å². The minimum atomic E-state index is 0.0577. The summed E-state index contributed by atoms with van der Waals surface area (Å²) in [7, 11) is 0. The Morgan fingerprint density at radius 3 is 2.87 bits per heavy atom. The van der Waals surface area contributed by atoms with Gasteiger partial charge in [-0.05, 0) is 47.9 Å². The first kappa shape index (κ1) is 20.6. The van der Waals surface area contributed by atoms with E-state index in [1.165, 1.54) is 19.3 Å².